The van der Waals surface area contributed by atoms with Crippen molar-refractivity contribution in [2.45, 2.75) is 25.3 Å². The summed E-state index contributed by atoms with van der Waals surface area (Å²) >= 11 is 0. The molecule has 0 aliphatic carbocycles. The van der Waals surface area contributed by atoms with Crippen LogP contribution in [0.15, 0.2) is 28.7 Å². The second-order valence-electron chi connectivity index (χ2n) is 6.78. The number of carboxylic acid groups (broad SMARTS) is 1. The van der Waals surface area contributed by atoms with Gasteiger partial charge in [0.15, 0.2) is 5.76 Å². The molecule has 0 saturated carbocycles. The van der Waals surface area contributed by atoms with E-state index in [1.54, 1.807) is 16.8 Å². The van der Waals surface area contributed by atoms with Gasteiger partial charge in [0.25, 0.3) is 11.6 Å². The molecule has 3 rings (SSSR count). The molecular weight excluding hydrogens is 354 g/mol. The SMILES string of the molecule is CN(CC(=O)O)C1CCCN(C(=O)c2cc3cc([N+](=O)[O-])ccc3o2)CC1. The van der Waals surface area contributed by atoms with Crippen molar-refractivity contribution in [3.05, 3.63) is 40.1 Å². The number of non-ortho nitro benzene ring substituents is 1. The zero-order chi connectivity index (χ0) is 19.6. The number of hydrogen-bond acceptors (Lipinski definition) is 6. The van der Waals surface area contributed by atoms with Crippen molar-refractivity contribution in [1.82, 2.24) is 9.80 Å². The van der Waals surface area contributed by atoms with Gasteiger partial charge >= 0.3 is 5.97 Å². The first-order valence-corrected chi connectivity index (χ1v) is 8.74. The van der Waals surface area contributed by atoms with Gasteiger partial charge in [0.1, 0.15) is 5.58 Å². The summed E-state index contributed by atoms with van der Waals surface area (Å²) in [5.74, 6) is -0.968. The van der Waals surface area contributed by atoms with Crippen molar-refractivity contribution in [2.24, 2.45) is 0 Å². The third kappa shape index (κ3) is 4.25. The standard InChI is InChI=1S/C18H21N3O6/c1-19(11-17(22)23)13-3-2-7-20(8-6-13)18(24)16-10-12-9-14(21(25)26)4-5-15(12)27-16/h4-5,9-10,13H,2-3,6-8,11H2,1H3,(H,22,23). The highest BCUT2D eigenvalue weighted by Crippen LogP contribution is 2.26. The van der Waals surface area contributed by atoms with Gasteiger partial charge in [-0.3, -0.25) is 24.6 Å². The first-order valence-electron chi connectivity index (χ1n) is 8.74. The van der Waals surface area contributed by atoms with Crippen LogP contribution in [0.3, 0.4) is 0 Å². The molecule has 9 heteroatoms. The van der Waals surface area contributed by atoms with Gasteiger partial charge in [-0.15, -0.1) is 0 Å². The topological polar surface area (TPSA) is 117 Å². The highest BCUT2D eigenvalue weighted by molar-refractivity contribution is 5.96. The van der Waals surface area contributed by atoms with E-state index in [4.69, 9.17) is 9.52 Å². The quantitative estimate of drug-likeness (QED) is 0.629. The largest absolute Gasteiger partial charge is 0.480 e. The van der Waals surface area contributed by atoms with E-state index in [-0.39, 0.29) is 29.9 Å². The molecule has 1 aromatic heterocycles. The van der Waals surface area contributed by atoms with Crippen molar-refractivity contribution in [3.8, 4) is 0 Å². The van der Waals surface area contributed by atoms with Crippen LogP contribution in [-0.4, -0.2) is 64.4 Å². The fourth-order valence-corrected chi connectivity index (χ4v) is 3.47. The third-order valence-electron chi connectivity index (χ3n) is 4.91. The number of rotatable bonds is 5. The molecule has 1 atom stereocenters. The first-order chi connectivity index (χ1) is 12.8. The van der Waals surface area contributed by atoms with Crippen molar-refractivity contribution in [1.29, 1.82) is 0 Å². The lowest BCUT2D eigenvalue weighted by molar-refractivity contribution is -0.384. The molecule has 27 heavy (non-hydrogen) atoms. The molecule has 1 aromatic carbocycles. The Hall–Kier alpha value is -2.94. The van der Waals surface area contributed by atoms with Crippen LogP contribution in [0.4, 0.5) is 5.69 Å². The lowest BCUT2D eigenvalue weighted by Gasteiger charge is -2.25. The van der Waals surface area contributed by atoms with Gasteiger partial charge in [-0.2, -0.15) is 0 Å². The Bertz CT molecular complexity index is 877. The Morgan fingerprint density at radius 2 is 2.11 bits per heavy atom. The van der Waals surface area contributed by atoms with Crippen molar-refractivity contribution >= 4 is 28.5 Å². The fourth-order valence-electron chi connectivity index (χ4n) is 3.47. The zero-order valence-electron chi connectivity index (χ0n) is 15.0. The Morgan fingerprint density at radius 3 is 2.81 bits per heavy atom. The monoisotopic (exact) mass is 375 g/mol. The minimum atomic E-state index is -0.869. The Labute approximate surface area is 155 Å². The number of amides is 1. The second-order valence-corrected chi connectivity index (χ2v) is 6.78. The number of aliphatic carboxylic acids is 1. The van der Waals surface area contributed by atoms with Crippen LogP contribution in [0.2, 0.25) is 0 Å². The van der Waals surface area contributed by atoms with Gasteiger partial charge in [-0.25, -0.2) is 0 Å². The number of nitro groups is 1. The number of likely N-dealkylation sites (N-methyl/N-ethyl adjacent to an activating group) is 1. The van der Waals surface area contributed by atoms with Crippen molar-refractivity contribution in [2.75, 3.05) is 26.7 Å². The first kappa shape index (κ1) is 18.8. The molecule has 0 spiro atoms. The van der Waals surface area contributed by atoms with Gasteiger partial charge in [0, 0.05) is 36.7 Å². The van der Waals surface area contributed by atoms with Crippen LogP contribution in [0.5, 0.6) is 0 Å². The Balaban J connectivity index is 1.71. The summed E-state index contributed by atoms with van der Waals surface area (Å²) in [5.41, 5.74) is 0.374. The maximum Gasteiger partial charge on any atom is 0.317 e. The highest BCUT2D eigenvalue weighted by atomic mass is 16.6. The maximum atomic E-state index is 12.8. The Morgan fingerprint density at radius 1 is 1.33 bits per heavy atom. The van der Waals surface area contributed by atoms with E-state index in [1.165, 1.54) is 24.3 Å². The van der Waals surface area contributed by atoms with E-state index in [1.807, 2.05) is 0 Å². The molecule has 1 amide bonds. The molecular formula is C18H21N3O6. The summed E-state index contributed by atoms with van der Waals surface area (Å²) in [6.07, 6.45) is 2.27. The maximum absolute atomic E-state index is 12.8. The van der Waals surface area contributed by atoms with Gasteiger partial charge in [0.05, 0.1) is 11.5 Å². The van der Waals surface area contributed by atoms with E-state index in [9.17, 15) is 19.7 Å². The molecule has 1 aliphatic heterocycles. The second kappa shape index (κ2) is 7.75. The number of furan rings is 1. The van der Waals surface area contributed by atoms with Gasteiger partial charge in [-0.1, -0.05) is 0 Å². The number of carbonyl (C=O) groups excluding carboxylic acids is 1. The van der Waals surface area contributed by atoms with E-state index in [0.717, 1.165) is 12.8 Å². The summed E-state index contributed by atoms with van der Waals surface area (Å²) in [5, 5.41) is 20.3. The van der Waals surface area contributed by atoms with E-state index in [2.05, 4.69) is 0 Å². The van der Waals surface area contributed by atoms with Gasteiger partial charge in [-0.05, 0) is 38.4 Å². The molecule has 0 radical (unpaired) electrons. The number of hydrogen-bond donors (Lipinski definition) is 1. The summed E-state index contributed by atoms with van der Waals surface area (Å²) in [4.78, 5) is 37.6. The lowest BCUT2D eigenvalue weighted by Crippen LogP contribution is -2.37. The summed E-state index contributed by atoms with van der Waals surface area (Å²) in [6.45, 7) is 1.04. The number of fused-ring (bicyclic) bond motifs is 1. The smallest absolute Gasteiger partial charge is 0.317 e. The molecule has 9 nitrogen and oxygen atoms in total. The van der Waals surface area contributed by atoms with Gasteiger partial charge in [0.2, 0.25) is 0 Å². The van der Waals surface area contributed by atoms with E-state index in [0.29, 0.717) is 30.5 Å². The van der Waals surface area contributed by atoms with Crippen LogP contribution in [0, 0.1) is 10.1 Å². The third-order valence-corrected chi connectivity index (χ3v) is 4.91. The normalized spacial score (nSPS) is 17.9. The molecule has 144 valence electrons. The molecule has 1 unspecified atom stereocenters. The van der Waals surface area contributed by atoms with Crippen LogP contribution in [-0.2, 0) is 4.79 Å². The number of nitrogens with zero attached hydrogens (tertiary/aromatic N) is 3. The minimum Gasteiger partial charge on any atom is -0.480 e. The van der Waals surface area contributed by atoms with Crippen LogP contribution in [0.1, 0.15) is 29.8 Å². The van der Waals surface area contributed by atoms with Crippen molar-refractivity contribution in [3.63, 3.8) is 0 Å². The molecule has 2 heterocycles. The zero-order valence-corrected chi connectivity index (χ0v) is 15.0. The fraction of sp³-hybridized carbons (Fsp3) is 0.444. The summed E-state index contributed by atoms with van der Waals surface area (Å²) in [6, 6.07) is 5.86. The number of carboxylic acids is 1. The molecule has 0 bridgehead atoms. The number of benzene rings is 1. The van der Waals surface area contributed by atoms with Gasteiger partial charge < -0.3 is 14.4 Å². The Kier molecular flexibility index (Phi) is 5.41. The predicted octanol–water partition coefficient (Wildman–Crippen LogP) is 2.35. The number of nitro benzene ring substituents is 1. The number of likely N-dealkylation sites (tertiary alicyclic amines) is 1. The highest BCUT2D eigenvalue weighted by Gasteiger charge is 2.26. The van der Waals surface area contributed by atoms with Crippen LogP contribution >= 0.6 is 0 Å². The lowest BCUT2D eigenvalue weighted by atomic mass is 10.1. The average molecular weight is 375 g/mol. The van der Waals surface area contributed by atoms with Crippen LogP contribution < -0.4 is 0 Å². The molecule has 1 aliphatic rings. The van der Waals surface area contributed by atoms with Crippen molar-refractivity contribution < 1.29 is 24.0 Å². The predicted molar refractivity (Wildman–Crippen MR) is 96.7 cm³/mol. The van der Waals surface area contributed by atoms with E-state index >= 15 is 0 Å². The summed E-state index contributed by atoms with van der Waals surface area (Å²) in [7, 11) is 1.78. The van der Waals surface area contributed by atoms with Crippen LogP contribution in [0.25, 0.3) is 11.0 Å². The average Bonchev–Trinajstić information content (AvgIpc) is 2.88. The molecule has 1 fully saturated rings. The summed E-state index contributed by atoms with van der Waals surface area (Å²) < 4.78 is 5.58. The minimum absolute atomic E-state index is 0.0268. The molecule has 1 saturated heterocycles. The van der Waals surface area contributed by atoms with E-state index < -0.39 is 10.9 Å². The molecule has 1 N–H and O–H groups in total. The number of carbonyl (C=O) groups is 2. The molecule has 2 aromatic rings.